The van der Waals surface area contributed by atoms with Gasteiger partial charge in [0.15, 0.2) is 0 Å². The maximum absolute atomic E-state index is 14.0. The predicted molar refractivity (Wildman–Crippen MR) is 165 cm³/mol. The summed E-state index contributed by atoms with van der Waals surface area (Å²) in [7, 11) is 0. The minimum atomic E-state index is -0.276. The van der Waals surface area contributed by atoms with Gasteiger partial charge in [0, 0.05) is 24.1 Å². The van der Waals surface area contributed by atoms with Crippen LogP contribution in [0.2, 0.25) is 0 Å². The van der Waals surface area contributed by atoms with Crippen molar-refractivity contribution in [2.45, 2.75) is 72.0 Å². The molecule has 0 saturated carbocycles. The highest BCUT2D eigenvalue weighted by Crippen LogP contribution is 2.49. The van der Waals surface area contributed by atoms with Gasteiger partial charge in [-0.05, 0) is 62.3 Å². The molecule has 212 valence electrons. The van der Waals surface area contributed by atoms with Crippen LogP contribution in [0.4, 0.5) is 5.82 Å². The number of piperidine rings is 1. The van der Waals surface area contributed by atoms with Gasteiger partial charge in [-0.25, -0.2) is 4.68 Å². The SMILES string of the molecule is Cc1ccc(-n2nc(C(C)(C)C)c3c2N(CC(=O)N2CCC(C)CC2)C(=O)CSC3c2ccccc2C)c(C)c1. The number of thioether (sulfide) groups is 1. The van der Waals surface area contributed by atoms with E-state index >= 15 is 0 Å². The van der Waals surface area contributed by atoms with E-state index in [4.69, 9.17) is 5.10 Å². The van der Waals surface area contributed by atoms with E-state index in [1.807, 2.05) is 9.58 Å². The lowest BCUT2D eigenvalue weighted by atomic mass is 9.86. The van der Waals surface area contributed by atoms with E-state index in [2.05, 4.69) is 90.9 Å². The Bertz CT molecular complexity index is 1430. The van der Waals surface area contributed by atoms with E-state index in [1.165, 1.54) is 16.7 Å². The zero-order chi connectivity index (χ0) is 28.8. The van der Waals surface area contributed by atoms with Crippen LogP contribution in [0.15, 0.2) is 42.5 Å². The van der Waals surface area contributed by atoms with Crippen molar-refractivity contribution >= 4 is 29.4 Å². The summed E-state index contributed by atoms with van der Waals surface area (Å²) in [6.07, 6.45) is 2.01. The van der Waals surface area contributed by atoms with E-state index in [0.717, 1.165) is 54.3 Å². The van der Waals surface area contributed by atoms with Crippen molar-refractivity contribution in [2.24, 2.45) is 5.92 Å². The van der Waals surface area contributed by atoms with E-state index < -0.39 is 0 Å². The topological polar surface area (TPSA) is 58.4 Å². The van der Waals surface area contributed by atoms with Crippen molar-refractivity contribution in [1.82, 2.24) is 14.7 Å². The molecule has 2 aliphatic heterocycles. The summed E-state index contributed by atoms with van der Waals surface area (Å²) >= 11 is 1.64. The van der Waals surface area contributed by atoms with Gasteiger partial charge in [0.25, 0.3) is 0 Å². The van der Waals surface area contributed by atoms with Gasteiger partial charge in [-0.2, -0.15) is 5.10 Å². The lowest BCUT2D eigenvalue weighted by Gasteiger charge is -2.32. The van der Waals surface area contributed by atoms with Crippen LogP contribution in [-0.2, 0) is 15.0 Å². The number of carbonyl (C=O) groups is 2. The third-order valence-corrected chi connectivity index (χ3v) is 9.52. The first kappa shape index (κ1) is 28.5. The summed E-state index contributed by atoms with van der Waals surface area (Å²) in [5.41, 5.74) is 7.28. The van der Waals surface area contributed by atoms with Gasteiger partial charge in [-0.3, -0.25) is 14.5 Å². The third-order valence-electron chi connectivity index (χ3n) is 8.28. The number of hydrogen-bond acceptors (Lipinski definition) is 4. The van der Waals surface area contributed by atoms with E-state index in [9.17, 15) is 9.59 Å². The summed E-state index contributed by atoms with van der Waals surface area (Å²) in [4.78, 5) is 31.4. The molecule has 3 aromatic rings. The van der Waals surface area contributed by atoms with Gasteiger partial charge in [0.1, 0.15) is 12.4 Å². The summed E-state index contributed by atoms with van der Waals surface area (Å²) in [5.74, 6) is 1.62. The number of fused-ring (bicyclic) bond motifs is 1. The molecule has 1 fully saturated rings. The minimum absolute atomic E-state index is 0.0104. The van der Waals surface area contributed by atoms with Gasteiger partial charge < -0.3 is 4.90 Å². The molecule has 6 nitrogen and oxygen atoms in total. The first-order valence-corrected chi connectivity index (χ1v) is 15.5. The van der Waals surface area contributed by atoms with E-state index in [1.54, 1.807) is 16.7 Å². The van der Waals surface area contributed by atoms with Crippen molar-refractivity contribution in [1.29, 1.82) is 0 Å². The van der Waals surface area contributed by atoms with Crippen LogP contribution in [0.1, 0.15) is 79.3 Å². The number of aromatic nitrogens is 2. The van der Waals surface area contributed by atoms with Crippen LogP contribution in [0.5, 0.6) is 0 Å². The fraction of sp³-hybridized carbons (Fsp3) is 0.485. The molecule has 1 unspecified atom stereocenters. The van der Waals surface area contributed by atoms with Crippen LogP contribution in [0.3, 0.4) is 0 Å². The zero-order valence-electron chi connectivity index (χ0n) is 25.0. The standard InChI is InChI=1S/C33H42N4O2S/c1-21-14-16-35(17-15-21)27(38)19-36-28(39)20-40-30(25-11-9-8-10-23(25)3)29-31(33(5,6)7)34-37(32(29)36)26-13-12-22(2)18-24(26)4/h8-13,18,21,30H,14-17,19-20H2,1-7H3. The molecule has 0 N–H and O–H groups in total. The molecule has 0 radical (unpaired) electrons. The molecule has 2 aliphatic rings. The molecule has 0 bridgehead atoms. The van der Waals surface area contributed by atoms with Crippen LogP contribution >= 0.6 is 11.8 Å². The zero-order valence-corrected chi connectivity index (χ0v) is 25.8. The maximum Gasteiger partial charge on any atom is 0.242 e. The Morgan fingerprint density at radius 2 is 1.73 bits per heavy atom. The van der Waals surface area contributed by atoms with Crippen LogP contribution in [-0.4, -0.2) is 51.9 Å². The predicted octanol–water partition coefficient (Wildman–Crippen LogP) is 6.52. The molecule has 1 saturated heterocycles. The lowest BCUT2D eigenvalue weighted by molar-refractivity contribution is -0.132. The molecule has 0 aliphatic carbocycles. The summed E-state index contributed by atoms with van der Waals surface area (Å²) in [5, 5.41) is 5.19. The molecular weight excluding hydrogens is 516 g/mol. The molecule has 2 amide bonds. The summed E-state index contributed by atoms with van der Waals surface area (Å²) in [6.45, 7) is 16.6. The molecule has 1 aromatic heterocycles. The average Bonchev–Trinajstić information content (AvgIpc) is 3.23. The van der Waals surface area contributed by atoms with Crippen molar-refractivity contribution in [3.05, 3.63) is 76.0 Å². The summed E-state index contributed by atoms with van der Waals surface area (Å²) < 4.78 is 1.95. The highest BCUT2D eigenvalue weighted by molar-refractivity contribution is 8.00. The first-order chi connectivity index (χ1) is 19.0. The van der Waals surface area contributed by atoms with Gasteiger partial charge in [0.05, 0.1) is 22.4 Å². The number of carbonyl (C=O) groups excluding carboxylic acids is 2. The number of rotatable bonds is 4. The molecular formula is C33H42N4O2S. The molecule has 40 heavy (non-hydrogen) atoms. The lowest BCUT2D eigenvalue weighted by Crippen LogP contribution is -2.46. The van der Waals surface area contributed by atoms with Gasteiger partial charge in [0.2, 0.25) is 11.8 Å². The minimum Gasteiger partial charge on any atom is -0.341 e. The Morgan fingerprint density at radius 3 is 2.38 bits per heavy atom. The Kier molecular flexibility index (Phi) is 7.88. The van der Waals surface area contributed by atoms with E-state index in [0.29, 0.717) is 11.7 Å². The highest BCUT2D eigenvalue weighted by Gasteiger charge is 2.41. The largest absolute Gasteiger partial charge is 0.341 e. The quantitative estimate of drug-likeness (QED) is 0.366. The van der Waals surface area contributed by atoms with Crippen LogP contribution in [0, 0.1) is 26.7 Å². The third kappa shape index (κ3) is 5.45. The normalized spacial score (nSPS) is 18.6. The number of likely N-dealkylation sites (tertiary alicyclic amines) is 1. The Labute approximate surface area is 243 Å². The van der Waals surface area contributed by atoms with Crippen LogP contribution < -0.4 is 4.90 Å². The maximum atomic E-state index is 14.0. The Morgan fingerprint density at radius 1 is 1.02 bits per heavy atom. The van der Waals surface area contributed by atoms with Gasteiger partial charge in [-0.1, -0.05) is 69.7 Å². The molecule has 3 heterocycles. The second kappa shape index (κ2) is 11.1. The highest BCUT2D eigenvalue weighted by atomic mass is 32.2. The second-order valence-electron chi connectivity index (χ2n) is 12.6. The van der Waals surface area contributed by atoms with Crippen molar-refractivity contribution in [3.63, 3.8) is 0 Å². The van der Waals surface area contributed by atoms with Crippen molar-refractivity contribution in [3.8, 4) is 5.69 Å². The summed E-state index contributed by atoms with van der Waals surface area (Å²) in [6, 6.07) is 14.7. The Hall–Kier alpha value is -3.06. The first-order valence-electron chi connectivity index (χ1n) is 14.4. The van der Waals surface area contributed by atoms with E-state index in [-0.39, 0.29) is 29.0 Å². The monoisotopic (exact) mass is 558 g/mol. The fourth-order valence-corrected chi connectivity index (χ4v) is 7.20. The smallest absolute Gasteiger partial charge is 0.242 e. The molecule has 2 aromatic carbocycles. The van der Waals surface area contributed by atoms with Gasteiger partial charge in [-0.15, -0.1) is 11.8 Å². The number of amides is 2. The molecule has 0 spiro atoms. The number of anilines is 1. The second-order valence-corrected chi connectivity index (χ2v) is 13.7. The Balaban J connectivity index is 1.74. The van der Waals surface area contributed by atoms with Gasteiger partial charge >= 0.3 is 0 Å². The molecule has 5 rings (SSSR count). The number of aryl methyl sites for hydroxylation is 3. The van der Waals surface area contributed by atoms with Crippen molar-refractivity contribution in [2.75, 3.05) is 30.3 Å². The number of hydrogen-bond donors (Lipinski definition) is 0. The number of benzene rings is 2. The average molecular weight is 559 g/mol. The van der Waals surface area contributed by atoms with Crippen LogP contribution in [0.25, 0.3) is 5.69 Å². The fourth-order valence-electron chi connectivity index (χ4n) is 5.90. The molecule has 7 heteroatoms. The van der Waals surface area contributed by atoms with Crippen molar-refractivity contribution < 1.29 is 9.59 Å². The molecule has 1 atom stereocenters. The number of nitrogens with zero attached hydrogens (tertiary/aromatic N) is 4.